The maximum absolute atomic E-state index is 12.4. The highest BCUT2D eigenvalue weighted by Crippen LogP contribution is 2.36. The van der Waals surface area contributed by atoms with Gasteiger partial charge in [-0.2, -0.15) is 13.2 Å². The Kier molecular flexibility index (Phi) is 2.81. The number of nitrogen functional groups attached to an aromatic ring is 1. The molecule has 0 aliphatic carbocycles. The minimum absolute atomic E-state index is 0.245. The third kappa shape index (κ3) is 2.33. The first kappa shape index (κ1) is 11.6. The summed E-state index contributed by atoms with van der Waals surface area (Å²) < 4.78 is 37.1. The van der Waals surface area contributed by atoms with Crippen LogP contribution in [0.4, 0.5) is 18.9 Å². The van der Waals surface area contributed by atoms with Crippen LogP contribution in [0.3, 0.4) is 0 Å². The molecule has 1 aromatic rings. The molecule has 0 bridgehead atoms. The average molecular weight is 239 g/mol. The lowest BCUT2D eigenvalue weighted by Gasteiger charge is -2.12. The van der Waals surface area contributed by atoms with Crippen molar-refractivity contribution in [3.05, 3.63) is 28.3 Å². The summed E-state index contributed by atoms with van der Waals surface area (Å²) in [6, 6.07) is 1.64. The van der Waals surface area contributed by atoms with Crippen LogP contribution in [-0.4, -0.2) is 5.91 Å². The average Bonchev–Trinajstić information content (AvgIpc) is 2.06. The molecule has 0 aliphatic heterocycles. The number of benzene rings is 1. The quantitative estimate of drug-likeness (QED) is 0.735. The van der Waals surface area contributed by atoms with Gasteiger partial charge in [0.2, 0.25) is 0 Å². The second-order valence-corrected chi connectivity index (χ2v) is 3.21. The number of amides is 1. The zero-order chi connectivity index (χ0) is 11.8. The minimum Gasteiger partial charge on any atom is -0.398 e. The van der Waals surface area contributed by atoms with E-state index in [1.807, 2.05) is 0 Å². The van der Waals surface area contributed by atoms with Crippen molar-refractivity contribution in [1.82, 2.24) is 0 Å². The van der Waals surface area contributed by atoms with Gasteiger partial charge in [0, 0.05) is 5.02 Å². The lowest BCUT2D eigenvalue weighted by atomic mass is 10.1. The van der Waals surface area contributed by atoms with Crippen molar-refractivity contribution in [3.63, 3.8) is 0 Å². The zero-order valence-corrected chi connectivity index (χ0v) is 7.99. The van der Waals surface area contributed by atoms with Gasteiger partial charge in [-0.3, -0.25) is 4.79 Å². The first-order valence-electron chi connectivity index (χ1n) is 3.69. The van der Waals surface area contributed by atoms with E-state index in [1.165, 1.54) is 0 Å². The van der Waals surface area contributed by atoms with Gasteiger partial charge in [0.1, 0.15) is 0 Å². The topological polar surface area (TPSA) is 69.1 Å². The highest BCUT2D eigenvalue weighted by atomic mass is 35.5. The lowest BCUT2D eigenvalue weighted by Crippen LogP contribution is -2.17. The summed E-state index contributed by atoms with van der Waals surface area (Å²) in [5, 5.41) is -0.245. The predicted octanol–water partition coefficient (Wildman–Crippen LogP) is 2.04. The van der Waals surface area contributed by atoms with Crippen LogP contribution in [0, 0.1) is 0 Å². The number of primary amides is 1. The first-order chi connectivity index (χ1) is 6.73. The minimum atomic E-state index is -4.67. The number of hydrogen-bond acceptors (Lipinski definition) is 2. The van der Waals surface area contributed by atoms with Crippen LogP contribution in [0.2, 0.25) is 5.02 Å². The smallest absolute Gasteiger partial charge is 0.398 e. The van der Waals surface area contributed by atoms with E-state index in [9.17, 15) is 18.0 Å². The summed E-state index contributed by atoms with van der Waals surface area (Å²) in [6.07, 6.45) is -4.67. The Labute approximate surface area is 87.8 Å². The fraction of sp³-hybridized carbons (Fsp3) is 0.125. The molecule has 3 nitrogen and oxygen atoms in total. The number of anilines is 1. The van der Waals surface area contributed by atoms with E-state index in [1.54, 1.807) is 0 Å². The monoisotopic (exact) mass is 238 g/mol. The van der Waals surface area contributed by atoms with Crippen molar-refractivity contribution in [2.75, 3.05) is 5.73 Å². The molecule has 4 N–H and O–H groups in total. The standard InChI is InChI=1S/C8H6ClF3N2O/c9-3-1-4(7(14)15)6(13)5(2-3)8(10,11)12/h1-2H,13H2,(H2,14,15). The number of carbonyl (C=O) groups excluding carboxylic acids is 1. The van der Waals surface area contributed by atoms with Crippen molar-refractivity contribution in [3.8, 4) is 0 Å². The molecule has 0 aliphatic rings. The second kappa shape index (κ2) is 3.62. The first-order valence-corrected chi connectivity index (χ1v) is 4.07. The van der Waals surface area contributed by atoms with Crippen LogP contribution in [0.25, 0.3) is 0 Å². The van der Waals surface area contributed by atoms with E-state index >= 15 is 0 Å². The Morgan fingerprint density at radius 2 is 1.87 bits per heavy atom. The summed E-state index contributed by atoms with van der Waals surface area (Å²) in [4.78, 5) is 10.8. The second-order valence-electron chi connectivity index (χ2n) is 2.78. The summed E-state index contributed by atoms with van der Waals surface area (Å²) in [5.74, 6) is -1.06. The third-order valence-electron chi connectivity index (χ3n) is 1.72. The number of halogens is 4. The number of hydrogen-bond donors (Lipinski definition) is 2. The summed E-state index contributed by atoms with van der Waals surface area (Å²) >= 11 is 5.41. The van der Waals surface area contributed by atoms with Gasteiger partial charge < -0.3 is 11.5 Å². The highest BCUT2D eigenvalue weighted by Gasteiger charge is 2.34. The molecule has 0 saturated heterocycles. The molecule has 0 spiro atoms. The summed E-state index contributed by atoms with van der Waals surface area (Å²) in [6.45, 7) is 0. The Bertz CT molecular complexity index is 417. The zero-order valence-electron chi connectivity index (χ0n) is 7.23. The van der Waals surface area contributed by atoms with Gasteiger partial charge in [0.05, 0.1) is 16.8 Å². The van der Waals surface area contributed by atoms with Gasteiger partial charge in [-0.15, -0.1) is 0 Å². The van der Waals surface area contributed by atoms with Crippen LogP contribution >= 0.6 is 11.6 Å². The molecule has 0 aromatic heterocycles. The molecule has 0 unspecified atom stereocenters. The van der Waals surface area contributed by atoms with E-state index in [2.05, 4.69) is 0 Å². The van der Waals surface area contributed by atoms with Gasteiger partial charge in [-0.05, 0) is 12.1 Å². The van der Waals surface area contributed by atoms with Gasteiger partial charge in [-0.25, -0.2) is 0 Å². The third-order valence-corrected chi connectivity index (χ3v) is 1.93. The maximum Gasteiger partial charge on any atom is 0.418 e. The van der Waals surface area contributed by atoms with Crippen LogP contribution in [-0.2, 0) is 6.18 Å². The Balaban J connectivity index is 3.49. The predicted molar refractivity (Wildman–Crippen MR) is 49.4 cm³/mol. The molecule has 0 atom stereocenters. The normalized spacial score (nSPS) is 11.5. The molecular formula is C8H6ClF3N2O. The summed E-state index contributed by atoms with van der Waals surface area (Å²) in [5.41, 5.74) is 7.70. The van der Waals surface area contributed by atoms with E-state index in [0.29, 0.717) is 6.07 Å². The summed E-state index contributed by atoms with van der Waals surface area (Å²) in [7, 11) is 0. The number of rotatable bonds is 1. The van der Waals surface area contributed by atoms with Gasteiger partial charge in [-0.1, -0.05) is 11.6 Å². The van der Waals surface area contributed by atoms with Gasteiger partial charge in [0.25, 0.3) is 5.91 Å². The van der Waals surface area contributed by atoms with Crippen LogP contribution < -0.4 is 11.5 Å². The molecule has 0 saturated carbocycles. The molecule has 1 aromatic carbocycles. The number of alkyl halides is 3. The van der Waals surface area contributed by atoms with E-state index < -0.39 is 28.9 Å². The molecular weight excluding hydrogens is 233 g/mol. The Hall–Kier alpha value is -1.43. The SMILES string of the molecule is NC(=O)c1cc(Cl)cc(C(F)(F)F)c1N. The molecule has 1 amide bonds. The fourth-order valence-electron chi connectivity index (χ4n) is 1.06. The van der Waals surface area contributed by atoms with Crippen molar-refractivity contribution in [2.24, 2.45) is 5.73 Å². The Morgan fingerprint density at radius 1 is 1.33 bits per heavy atom. The largest absolute Gasteiger partial charge is 0.418 e. The highest BCUT2D eigenvalue weighted by molar-refractivity contribution is 6.31. The van der Waals surface area contributed by atoms with E-state index in [4.69, 9.17) is 23.1 Å². The van der Waals surface area contributed by atoms with Crippen LogP contribution in [0.5, 0.6) is 0 Å². The van der Waals surface area contributed by atoms with E-state index in [-0.39, 0.29) is 5.02 Å². The Morgan fingerprint density at radius 3 is 2.27 bits per heavy atom. The van der Waals surface area contributed by atoms with E-state index in [0.717, 1.165) is 6.07 Å². The molecule has 7 heteroatoms. The molecule has 0 heterocycles. The van der Waals surface area contributed by atoms with Crippen molar-refractivity contribution >= 4 is 23.2 Å². The van der Waals surface area contributed by atoms with Crippen LogP contribution in [0.15, 0.2) is 12.1 Å². The number of nitrogens with two attached hydrogens (primary N) is 2. The fourth-order valence-corrected chi connectivity index (χ4v) is 1.27. The van der Waals surface area contributed by atoms with Crippen molar-refractivity contribution < 1.29 is 18.0 Å². The van der Waals surface area contributed by atoms with Crippen molar-refractivity contribution in [1.29, 1.82) is 0 Å². The van der Waals surface area contributed by atoms with Crippen LogP contribution in [0.1, 0.15) is 15.9 Å². The maximum atomic E-state index is 12.4. The van der Waals surface area contributed by atoms with Gasteiger partial charge in [0.15, 0.2) is 0 Å². The molecule has 1 rings (SSSR count). The van der Waals surface area contributed by atoms with Gasteiger partial charge >= 0.3 is 6.18 Å². The van der Waals surface area contributed by atoms with Crippen molar-refractivity contribution in [2.45, 2.75) is 6.18 Å². The molecule has 15 heavy (non-hydrogen) atoms. The molecule has 82 valence electrons. The molecule has 0 radical (unpaired) electrons. The number of carbonyl (C=O) groups is 1. The molecule has 0 fully saturated rings. The lowest BCUT2D eigenvalue weighted by molar-refractivity contribution is -0.136.